The lowest BCUT2D eigenvalue weighted by atomic mass is 10.1. The van der Waals surface area contributed by atoms with Crippen LogP contribution >= 0.6 is 9.24 Å². The molecule has 0 aliphatic carbocycles. The smallest absolute Gasteiger partial charge is 0.350 e. The highest BCUT2D eigenvalue weighted by atomic mass is 31.0. The van der Waals surface area contributed by atoms with Crippen LogP contribution in [0.2, 0.25) is 0 Å². The third-order valence-corrected chi connectivity index (χ3v) is 5.36. The average molecular weight is 444 g/mol. The number of methoxy groups -OCH3 is 1. The van der Waals surface area contributed by atoms with Crippen molar-refractivity contribution in [1.82, 2.24) is 9.55 Å². The van der Waals surface area contributed by atoms with E-state index in [1.54, 1.807) is 17.9 Å². The van der Waals surface area contributed by atoms with E-state index in [1.165, 1.54) is 0 Å². The Morgan fingerprint density at radius 3 is 2.07 bits per heavy atom. The molecule has 0 radical (unpaired) electrons. The maximum absolute atomic E-state index is 12.9. The molecule has 0 aliphatic rings. The van der Waals surface area contributed by atoms with Crippen molar-refractivity contribution in [3.05, 3.63) is 22.7 Å². The van der Waals surface area contributed by atoms with Crippen molar-refractivity contribution in [2.45, 2.75) is 97.0 Å². The molecule has 0 amide bonds. The molecule has 4 atom stereocenters. The number of hydrogen-bond donors (Lipinski definition) is 0. The quantitative estimate of drug-likeness (QED) is 0.569. The van der Waals surface area contributed by atoms with Gasteiger partial charge in [0.1, 0.15) is 18.0 Å². The first-order chi connectivity index (χ1) is 13.5. The maximum atomic E-state index is 12.9. The van der Waals surface area contributed by atoms with Crippen LogP contribution in [0.4, 0.5) is 5.82 Å². The minimum Gasteiger partial charge on any atom is -0.376 e. The fraction of sp³-hybridized carbons (Fsp3) is 0.818. The highest BCUT2D eigenvalue weighted by Crippen LogP contribution is 2.30. The largest absolute Gasteiger partial charge is 0.376 e. The number of ether oxygens (including phenoxy) is 3. The minimum atomic E-state index is -0.437. The van der Waals surface area contributed by atoms with Gasteiger partial charge in [-0.1, -0.05) is 0 Å². The maximum Gasteiger partial charge on any atom is 0.350 e. The first-order valence-electron chi connectivity index (χ1n) is 10.4. The van der Waals surface area contributed by atoms with Gasteiger partial charge in [0.05, 0.1) is 23.6 Å². The van der Waals surface area contributed by atoms with Crippen molar-refractivity contribution in [2.75, 3.05) is 25.7 Å². The fourth-order valence-corrected chi connectivity index (χ4v) is 3.28. The second kappa shape index (κ2) is 10.1. The van der Waals surface area contributed by atoms with E-state index in [1.807, 2.05) is 59.6 Å². The van der Waals surface area contributed by atoms with Crippen molar-refractivity contribution in [1.29, 1.82) is 0 Å². The van der Waals surface area contributed by atoms with Crippen LogP contribution in [0.5, 0.6) is 0 Å². The zero-order valence-electron chi connectivity index (χ0n) is 20.6. The Bertz CT molecular complexity index is 732. The molecule has 4 unspecified atom stereocenters. The zero-order chi connectivity index (χ0) is 23.5. The number of nitrogens with zero attached hydrogens (tertiary/aromatic N) is 3. The van der Waals surface area contributed by atoms with Crippen molar-refractivity contribution in [2.24, 2.45) is 0 Å². The predicted octanol–water partition coefficient (Wildman–Crippen LogP) is 3.87. The molecule has 1 rings (SSSR count). The third-order valence-electron chi connectivity index (χ3n) is 4.66. The summed E-state index contributed by atoms with van der Waals surface area (Å²) in [5.74, 6) is 0.250. The Morgan fingerprint density at radius 1 is 1.10 bits per heavy atom. The van der Waals surface area contributed by atoms with Crippen molar-refractivity contribution in [3.8, 4) is 0 Å². The topological polar surface area (TPSA) is 65.8 Å². The molecule has 7 nitrogen and oxygen atoms in total. The van der Waals surface area contributed by atoms with E-state index in [9.17, 15) is 4.79 Å². The lowest BCUT2D eigenvalue weighted by Gasteiger charge is -2.37. The van der Waals surface area contributed by atoms with Crippen LogP contribution in [0.25, 0.3) is 0 Å². The Kier molecular flexibility index (Phi) is 9.07. The van der Waals surface area contributed by atoms with Gasteiger partial charge in [-0.3, -0.25) is 4.57 Å². The van der Waals surface area contributed by atoms with E-state index in [4.69, 9.17) is 14.2 Å². The van der Waals surface area contributed by atoms with Gasteiger partial charge >= 0.3 is 5.69 Å². The van der Waals surface area contributed by atoms with Crippen LogP contribution in [-0.4, -0.2) is 59.3 Å². The summed E-state index contributed by atoms with van der Waals surface area (Å²) in [5.41, 5.74) is -1.22. The fourth-order valence-electron chi connectivity index (χ4n) is 2.72. The molecular weight excluding hydrogens is 401 g/mol. The van der Waals surface area contributed by atoms with Crippen LogP contribution < -0.4 is 10.6 Å². The van der Waals surface area contributed by atoms with E-state index in [2.05, 4.69) is 35.0 Å². The van der Waals surface area contributed by atoms with E-state index >= 15 is 0 Å². The van der Waals surface area contributed by atoms with Gasteiger partial charge in [0.15, 0.2) is 0 Å². The SMILES string of the molecule is COC(COC(C)(C)C)C(OC(C)(C)C)C(P)n1ccc(N(C)C(C)(C)C)nc1=O. The van der Waals surface area contributed by atoms with Gasteiger partial charge in [0.2, 0.25) is 0 Å². The number of aromatic nitrogens is 2. The summed E-state index contributed by atoms with van der Waals surface area (Å²) in [6.07, 6.45) is 0.962. The molecule has 0 aromatic carbocycles. The molecule has 0 spiro atoms. The summed E-state index contributed by atoms with van der Waals surface area (Å²) in [4.78, 5) is 19.2. The second-order valence-corrected chi connectivity index (χ2v) is 11.3. The third kappa shape index (κ3) is 8.26. The molecular formula is C22H42N3O4P. The second-order valence-electron chi connectivity index (χ2n) is 10.6. The Labute approximate surface area is 184 Å². The summed E-state index contributed by atoms with van der Waals surface area (Å²) in [6.45, 7) is 18.5. The van der Waals surface area contributed by atoms with E-state index in [0.717, 1.165) is 0 Å². The Hall–Kier alpha value is -1.01. The standard InChI is InChI=1S/C22H42N3O4P/c1-20(2,3)24(10)16-12-13-25(19(26)23-16)18(30)17(29-22(7,8)9)15(27-11)14-28-21(4,5)6/h12-13,15,17-18H,14,30H2,1-11H3. The summed E-state index contributed by atoms with van der Waals surface area (Å²) in [7, 11) is 6.28. The van der Waals surface area contributed by atoms with E-state index in [-0.39, 0.29) is 28.7 Å². The van der Waals surface area contributed by atoms with Gasteiger partial charge in [-0.05, 0) is 68.4 Å². The van der Waals surface area contributed by atoms with Crippen LogP contribution in [0.15, 0.2) is 17.1 Å². The van der Waals surface area contributed by atoms with Gasteiger partial charge in [-0.2, -0.15) is 4.98 Å². The zero-order valence-corrected chi connectivity index (χ0v) is 21.8. The predicted molar refractivity (Wildman–Crippen MR) is 127 cm³/mol. The van der Waals surface area contributed by atoms with Crippen LogP contribution in [0.1, 0.15) is 68.1 Å². The molecule has 0 aliphatic heterocycles. The van der Waals surface area contributed by atoms with Crippen LogP contribution in [-0.2, 0) is 14.2 Å². The molecule has 0 N–H and O–H groups in total. The highest BCUT2D eigenvalue weighted by Gasteiger charge is 2.34. The molecule has 0 bridgehead atoms. The Morgan fingerprint density at radius 2 is 1.67 bits per heavy atom. The van der Waals surface area contributed by atoms with E-state index < -0.39 is 11.7 Å². The number of anilines is 1. The van der Waals surface area contributed by atoms with Gasteiger partial charge in [-0.25, -0.2) is 4.79 Å². The highest BCUT2D eigenvalue weighted by molar-refractivity contribution is 7.16. The molecule has 174 valence electrons. The van der Waals surface area contributed by atoms with Gasteiger partial charge in [0.25, 0.3) is 0 Å². The molecule has 0 saturated carbocycles. The van der Waals surface area contributed by atoms with Gasteiger partial charge in [0, 0.05) is 25.9 Å². The van der Waals surface area contributed by atoms with Crippen molar-refractivity contribution < 1.29 is 14.2 Å². The lowest BCUT2D eigenvalue weighted by molar-refractivity contribution is -0.157. The van der Waals surface area contributed by atoms with Gasteiger partial charge in [-0.15, -0.1) is 9.24 Å². The molecule has 8 heteroatoms. The average Bonchev–Trinajstić information content (AvgIpc) is 2.57. The molecule has 1 aromatic heterocycles. The molecule has 1 aromatic rings. The molecule has 30 heavy (non-hydrogen) atoms. The summed E-state index contributed by atoms with van der Waals surface area (Å²) in [6, 6.07) is 1.85. The van der Waals surface area contributed by atoms with Crippen LogP contribution in [0.3, 0.4) is 0 Å². The molecule has 0 fully saturated rings. The summed E-state index contributed by atoms with van der Waals surface area (Å²) < 4.78 is 19.6. The normalized spacial score (nSPS) is 16.3. The lowest BCUT2D eigenvalue weighted by Crippen LogP contribution is -2.46. The minimum absolute atomic E-state index is 0.144. The molecule has 0 saturated heterocycles. The molecule has 1 heterocycles. The van der Waals surface area contributed by atoms with Crippen molar-refractivity contribution in [3.63, 3.8) is 0 Å². The Balaban J connectivity index is 3.26. The summed E-state index contributed by atoms with van der Waals surface area (Å²) >= 11 is 0. The first-order valence-corrected chi connectivity index (χ1v) is 11.1. The van der Waals surface area contributed by atoms with Crippen molar-refractivity contribution >= 4 is 15.1 Å². The van der Waals surface area contributed by atoms with Crippen LogP contribution in [0, 0.1) is 0 Å². The number of hydrogen-bond acceptors (Lipinski definition) is 6. The summed E-state index contributed by atoms with van der Waals surface area (Å²) in [5, 5.41) is 0. The number of rotatable bonds is 8. The van der Waals surface area contributed by atoms with E-state index in [0.29, 0.717) is 12.4 Å². The van der Waals surface area contributed by atoms with Gasteiger partial charge < -0.3 is 19.1 Å². The monoisotopic (exact) mass is 443 g/mol. The first kappa shape index (κ1) is 27.0.